The van der Waals surface area contributed by atoms with Crippen molar-refractivity contribution < 1.29 is 4.79 Å². The van der Waals surface area contributed by atoms with E-state index in [4.69, 9.17) is 0 Å². The summed E-state index contributed by atoms with van der Waals surface area (Å²) in [6.45, 7) is 5.03. The summed E-state index contributed by atoms with van der Waals surface area (Å²) in [5.74, 6) is 0. The van der Waals surface area contributed by atoms with E-state index in [1.165, 1.54) is 29.4 Å². The van der Waals surface area contributed by atoms with Gasteiger partial charge >= 0.3 is 6.03 Å². The van der Waals surface area contributed by atoms with Crippen molar-refractivity contribution in [2.45, 2.75) is 64.2 Å². The molecule has 2 saturated heterocycles. The molecule has 1 amide bonds. The highest BCUT2D eigenvalue weighted by Gasteiger charge is 2.43. The molecule has 4 heteroatoms. The van der Waals surface area contributed by atoms with Crippen LogP contribution in [0.2, 0.25) is 0 Å². The molecule has 2 bridgehead atoms. The van der Waals surface area contributed by atoms with Crippen molar-refractivity contribution in [1.29, 1.82) is 0 Å². The van der Waals surface area contributed by atoms with Gasteiger partial charge in [-0.1, -0.05) is 6.07 Å². The fourth-order valence-corrected chi connectivity index (χ4v) is 5.35. The number of aryl methyl sites for hydroxylation is 2. The van der Waals surface area contributed by atoms with Crippen molar-refractivity contribution in [2.75, 3.05) is 7.05 Å². The van der Waals surface area contributed by atoms with Crippen molar-refractivity contribution in [1.82, 2.24) is 14.4 Å². The predicted molar refractivity (Wildman–Crippen MR) is 95.3 cm³/mol. The van der Waals surface area contributed by atoms with E-state index in [2.05, 4.69) is 48.9 Å². The third kappa shape index (κ3) is 1.86. The van der Waals surface area contributed by atoms with Gasteiger partial charge in [-0.05, 0) is 69.8 Å². The van der Waals surface area contributed by atoms with E-state index in [0.29, 0.717) is 18.1 Å². The maximum atomic E-state index is 13.2. The first-order valence-electron chi connectivity index (χ1n) is 9.17. The highest BCUT2D eigenvalue weighted by atomic mass is 16.2. The van der Waals surface area contributed by atoms with Crippen molar-refractivity contribution in [3.63, 3.8) is 0 Å². The van der Waals surface area contributed by atoms with Gasteiger partial charge in [-0.15, -0.1) is 0 Å². The number of piperidine rings is 1. The van der Waals surface area contributed by atoms with Gasteiger partial charge in [0.25, 0.3) is 0 Å². The monoisotopic (exact) mass is 323 g/mol. The molecular weight excluding hydrogens is 298 g/mol. The summed E-state index contributed by atoms with van der Waals surface area (Å²) in [5, 5.41) is 1.23. The molecule has 3 aliphatic rings. The maximum absolute atomic E-state index is 13.2. The van der Waals surface area contributed by atoms with Crippen molar-refractivity contribution in [2.24, 2.45) is 0 Å². The van der Waals surface area contributed by atoms with E-state index >= 15 is 0 Å². The lowest BCUT2D eigenvalue weighted by molar-refractivity contribution is 0.0944. The van der Waals surface area contributed by atoms with Gasteiger partial charge in [0, 0.05) is 29.2 Å². The molecule has 5 rings (SSSR count). The molecular formula is C20H25N3O. The van der Waals surface area contributed by atoms with Crippen LogP contribution in [0, 0.1) is 13.8 Å². The Morgan fingerprint density at radius 3 is 2.42 bits per heavy atom. The number of hydrogen-bond acceptors (Lipinski definition) is 2. The number of fused-ring (bicyclic) bond motifs is 5. The van der Waals surface area contributed by atoms with E-state index in [0.717, 1.165) is 30.6 Å². The molecule has 2 aromatic rings. The average molecular weight is 323 g/mol. The quantitative estimate of drug-likeness (QED) is 0.801. The number of rotatable bonds is 1. The summed E-state index contributed by atoms with van der Waals surface area (Å²) >= 11 is 0. The molecule has 2 fully saturated rings. The van der Waals surface area contributed by atoms with Crippen molar-refractivity contribution in [3.8, 4) is 0 Å². The maximum Gasteiger partial charge on any atom is 0.329 e. The number of nitrogens with zero attached hydrogens (tertiary/aromatic N) is 3. The second kappa shape index (κ2) is 4.85. The Bertz CT molecular complexity index is 838. The minimum atomic E-state index is 0.193. The smallest absolute Gasteiger partial charge is 0.315 e. The van der Waals surface area contributed by atoms with Gasteiger partial charge < -0.3 is 9.80 Å². The molecule has 0 N–H and O–H groups in total. The van der Waals surface area contributed by atoms with Crippen LogP contribution >= 0.6 is 0 Å². The van der Waals surface area contributed by atoms with Gasteiger partial charge in [-0.2, -0.15) is 0 Å². The second-order valence-corrected chi connectivity index (χ2v) is 8.07. The third-order valence-corrected chi connectivity index (χ3v) is 6.63. The van der Waals surface area contributed by atoms with Gasteiger partial charge in [-0.25, -0.2) is 4.79 Å². The van der Waals surface area contributed by atoms with E-state index in [1.807, 2.05) is 4.57 Å². The van der Waals surface area contributed by atoms with Gasteiger partial charge in [-0.3, -0.25) is 4.57 Å². The predicted octanol–water partition coefficient (Wildman–Crippen LogP) is 3.67. The largest absolute Gasteiger partial charge is 0.329 e. The lowest BCUT2D eigenvalue weighted by atomic mass is 9.96. The number of aromatic nitrogens is 1. The summed E-state index contributed by atoms with van der Waals surface area (Å²) in [4.78, 5) is 17.9. The van der Waals surface area contributed by atoms with E-state index in [1.54, 1.807) is 0 Å². The van der Waals surface area contributed by atoms with Crippen LogP contribution in [0.1, 0.15) is 42.5 Å². The van der Waals surface area contributed by atoms with Gasteiger partial charge in [0.2, 0.25) is 0 Å². The first-order chi connectivity index (χ1) is 11.5. The molecule has 3 aliphatic heterocycles. The zero-order valence-corrected chi connectivity index (χ0v) is 14.7. The van der Waals surface area contributed by atoms with Crippen LogP contribution < -0.4 is 0 Å². The summed E-state index contributed by atoms with van der Waals surface area (Å²) < 4.78 is 1.97. The molecule has 4 heterocycles. The van der Waals surface area contributed by atoms with Crippen LogP contribution in [0.15, 0.2) is 18.2 Å². The molecule has 24 heavy (non-hydrogen) atoms. The van der Waals surface area contributed by atoms with E-state index in [9.17, 15) is 4.79 Å². The summed E-state index contributed by atoms with van der Waals surface area (Å²) in [7, 11) is 2.26. The molecule has 0 saturated carbocycles. The van der Waals surface area contributed by atoms with Gasteiger partial charge in [0.1, 0.15) is 0 Å². The molecule has 1 aromatic carbocycles. The number of amides is 1. The SMILES string of the molecule is Cc1cc(C)c2cc3n(c2c1)C(=O)N(C1CC2CCC(C1)N2C)C3. The van der Waals surface area contributed by atoms with Crippen LogP contribution in [0.5, 0.6) is 0 Å². The van der Waals surface area contributed by atoms with E-state index in [-0.39, 0.29) is 6.03 Å². The first-order valence-corrected chi connectivity index (χ1v) is 9.17. The zero-order valence-electron chi connectivity index (χ0n) is 14.7. The lowest BCUT2D eigenvalue weighted by Gasteiger charge is -2.40. The highest BCUT2D eigenvalue weighted by Crippen LogP contribution is 2.39. The lowest BCUT2D eigenvalue weighted by Crippen LogP contribution is -2.49. The Labute approximate surface area is 143 Å². The number of hydrogen-bond donors (Lipinski definition) is 0. The standard InChI is InChI=1S/C20H25N3O/c1-12-6-13(2)18-10-17-11-22(20(24)23(17)19(18)7-12)16-8-14-4-5-15(9-16)21(14)3/h6-7,10,14-16H,4-5,8-9,11H2,1-3H3. The third-order valence-electron chi connectivity index (χ3n) is 6.63. The first kappa shape index (κ1) is 14.5. The van der Waals surface area contributed by atoms with Crippen molar-refractivity contribution >= 4 is 16.9 Å². The average Bonchev–Trinajstić information content (AvgIpc) is 3.09. The van der Waals surface area contributed by atoms with Gasteiger partial charge in [0.05, 0.1) is 12.1 Å². The van der Waals surface area contributed by atoms with Crippen molar-refractivity contribution in [3.05, 3.63) is 35.0 Å². The number of carbonyl (C=O) groups excluding carboxylic acids is 1. The molecule has 0 aliphatic carbocycles. The molecule has 2 unspecified atom stereocenters. The van der Waals surface area contributed by atoms with Gasteiger partial charge in [0.15, 0.2) is 0 Å². The van der Waals surface area contributed by atoms with Crippen LogP contribution in [0.4, 0.5) is 4.79 Å². The Hall–Kier alpha value is -1.81. The minimum absolute atomic E-state index is 0.193. The Morgan fingerprint density at radius 1 is 1.00 bits per heavy atom. The fourth-order valence-electron chi connectivity index (χ4n) is 5.35. The van der Waals surface area contributed by atoms with E-state index < -0.39 is 0 Å². The topological polar surface area (TPSA) is 28.5 Å². The summed E-state index contributed by atoms with van der Waals surface area (Å²) in [6.07, 6.45) is 4.87. The highest BCUT2D eigenvalue weighted by molar-refractivity contribution is 5.96. The minimum Gasteiger partial charge on any atom is -0.315 e. The molecule has 2 atom stereocenters. The zero-order chi connectivity index (χ0) is 16.6. The fraction of sp³-hybridized carbons (Fsp3) is 0.550. The van der Waals surface area contributed by atoms with Crippen LogP contribution in [0.25, 0.3) is 10.9 Å². The second-order valence-electron chi connectivity index (χ2n) is 8.07. The normalized spacial score (nSPS) is 29.7. The molecule has 4 nitrogen and oxygen atoms in total. The van der Waals surface area contributed by atoms with Crippen LogP contribution in [-0.2, 0) is 6.54 Å². The number of benzene rings is 1. The van der Waals surface area contributed by atoms with Crippen LogP contribution in [0.3, 0.4) is 0 Å². The number of carbonyl (C=O) groups is 1. The summed E-state index contributed by atoms with van der Waals surface area (Å²) in [5.41, 5.74) is 4.74. The molecule has 1 aromatic heterocycles. The Morgan fingerprint density at radius 2 is 1.71 bits per heavy atom. The molecule has 126 valence electrons. The molecule has 0 spiro atoms. The Balaban J connectivity index is 1.50. The van der Waals surface area contributed by atoms with Crippen LogP contribution in [-0.4, -0.2) is 45.6 Å². The summed E-state index contributed by atoms with van der Waals surface area (Å²) in [6, 6.07) is 8.53. The Kier molecular flexibility index (Phi) is 2.94. The molecule has 0 radical (unpaired) electrons.